The topological polar surface area (TPSA) is 44.0 Å². The van der Waals surface area contributed by atoms with Crippen LogP contribution in [0, 0.1) is 0 Å². The zero-order valence-electron chi connectivity index (χ0n) is 11.7. The summed E-state index contributed by atoms with van der Waals surface area (Å²) in [5.41, 5.74) is -3.18. The van der Waals surface area contributed by atoms with Crippen LogP contribution >= 0.6 is 0 Å². The summed E-state index contributed by atoms with van der Waals surface area (Å²) in [6.07, 6.45) is -1.58. The SMILES string of the molecule is CCCCn1cc(C(F)(F)F)c(=O)n(CCCC)c1=O. The van der Waals surface area contributed by atoms with E-state index in [1.54, 1.807) is 0 Å². The van der Waals surface area contributed by atoms with Gasteiger partial charge < -0.3 is 0 Å². The van der Waals surface area contributed by atoms with Gasteiger partial charge in [-0.25, -0.2) is 4.79 Å². The minimum absolute atomic E-state index is 0.0181. The molecule has 0 aliphatic carbocycles. The van der Waals surface area contributed by atoms with E-state index in [-0.39, 0.29) is 13.1 Å². The van der Waals surface area contributed by atoms with E-state index in [0.717, 1.165) is 11.0 Å². The number of hydrogen-bond donors (Lipinski definition) is 0. The average molecular weight is 292 g/mol. The fraction of sp³-hybridized carbons (Fsp3) is 0.692. The average Bonchev–Trinajstić information content (AvgIpc) is 2.36. The van der Waals surface area contributed by atoms with Gasteiger partial charge in [0.2, 0.25) is 0 Å². The van der Waals surface area contributed by atoms with Crippen LogP contribution < -0.4 is 11.2 Å². The Balaban J connectivity index is 3.40. The van der Waals surface area contributed by atoms with E-state index >= 15 is 0 Å². The van der Waals surface area contributed by atoms with Crippen LogP contribution in [-0.4, -0.2) is 9.13 Å². The molecule has 0 unspecified atom stereocenters. The number of hydrogen-bond acceptors (Lipinski definition) is 2. The van der Waals surface area contributed by atoms with E-state index in [0.29, 0.717) is 30.0 Å². The molecule has 0 saturated carbocycles. The number of rotatable bonds is 6. The van der Waals surface area contributed by atoms with Gasteiger partial charge in [0, 0.05) is 19.3 Å². The monoisotopic (exact) mass is 292 g/mol. The van der Waals surface area contributed by atoms with Crippen LogP contribution in [0.1, 0.15) is 45.1 Å². The summed E-state index contributed by atoms with van der Waals surface area (Å²) >= 11 is 0. The van der Waals surface area contributed by atoms with Gasteiger partial charge in [-0.3, -0.25) is 13.9 Å². The van der Waals surface area contributed by atoms with E-state index in [2.05, 4.69) is 0 Å². The third kappa shape index (κ3) is 3.74. The summed E-state index contributed by atoms with van der Waals surface area (Å²) in [7, 11) is 0. The highest BCUT2D eigenvalue weighted by Gasteiger charge is 2.35. The maximum Gasteiger partial charge on any atom is 0.423 e. The highest BCUT2D eigenvalue weighted by molar-refractivity contribution is 5.10. The zero-order valence-corrected chi connectivity index (χ0v) is 11.7. The Labute approximate surface area is 114 Å². The van der Waals surface area contributed by atoms with Crippen molar-refractivity contribution in [2.24, 2.45) is 0 Å². The lowest BCUT2D eigenvalue weighted by Crippen LogP contribution is -2.43. The summed E-state index contributed by atoms with van der Waals surface area (Å²) in [4.78, 5) is 23.8. The van der Waals surface area contributed by atoms with Crippen LogP contribution in [0.5, 0.6) is 0 Å². The predicted octanol–water partition coefficient (Wildman–Crippen LogP) is 2.63. The molecule has 0 amide bonds. The van der Waals surface area contributed by atoms with E-state index in [9.17, 15) is 22.8 Å². The molecule has 0 aromatic carbocycles. The number of aryl methyl sites for hydroxylation is 1. The molecule has 0 fully saturated rings. The van der Waals surface area contributed by atoms with Crippen LogP contribution in [0.2, 0.25) is 0 Å². The largest absolute Gasteiger partial charge is 0.423 e. The first kappa shape index (κ1) is 16.5. The van der Waals surface area contributed by atoms with Gasteiger partial charge >= 0.3 is 11.9 Å². The lowest BCUT2D eigenvalue weighted by molar-refractivity contribution is -0.139. The Morgan fingerprint density at radius 1 is 1.05 bits per heavy atom. The molecule has 1 heterocycles. The molecule has 0 aliphatic rings. The van der Waals surface area contributed by atoms with E-state index in [1.807, 2.05) is 13.8 Å². The van der Waals surface area contributed by atoms with Gasteiger partial charge in [-0.05, 0) is 12.8 Å². The maximum absolute atomic E-state index is 12.9. The van der Waals surface area contributed by atoms with Gasteiger partial charge in [0.15, 0.2) is 0 Å². The van der Waals surface area contributed by atoms with Crippen molar-refractivity contribution >= 4 is 0 Å². The molecule has 0 N–H and O–H groups in total. The molecule has 114 valence electrons. The first-order valence-electron chi connectivity index (χ1n) is 6.74. The Morgan fingerprint density at radius 3 is 2.10 bits per heavy atom. The molecule has 7 heteroatoms. The molecule has 0 saturated heterocycles. The number of alkyl halides is 3. The summed E-state index contributed by atoms with van der Waals surface area (Å²) in [6, 6.07) is 0. The van der Waals surface area contributed by atoms with Gasteiger partial charge in [-0.15, -0.1) is 0 Å². The maximum atomic E-state index is 12.9. The highest BCUT2D eigenvalue weighted by atomic mass is 19.4. The first-order chi connectivity index (χ1) is 9.32. The third-order valence-corrected chi connectivity index (χ3v) is 3.03. The molecular formula is C13H19F3N2O2. The fourth-order valence-electron chi connectivity index (χ4n) is 1.85. The minimum atomic E-state index is -4.74. The second-order valence-corrected chi connectivity index (χ2v) is 4.68. The molecule has 20 heavy (non-hydrogen) atoms. The number of aromatic nitrogens is 2. The first-order valence-corrected chi connectivity index (χ1v) is 6.74. The van der Waals surface area contributed by atoms with Crippen molar-refractivity contribution in [1.82, 2.24) is 9.13 Å². The van der Waals surface area contributed by atoms with Gasteiger partial charge in [0.1, 0.15) is 5.56 Å². The second-order valence-electron chi connectivity index (χ2n) is 4.68. The lowest BCUT2D eigenvalue weighted by atomic mass is 10.3. The van der Waals surface area contributed by atoms with Crippen LogP contribution in [-0.2, 0) is 19.3 Å². The van der Waals surface area contributed by atoms with Crippen molar-refractivity contribution in [2.75, 3.05) is 0 Å². The Hall–Kier alpha value is -1.53. The summed E-state index contributed by atoms with van der Waals surface area (Å²) in [5.74, 6) is 0. The highest BCUT2D eigenvalue weighted by Crippen LogP contribution is 2.25. The van der Waals surface area contributed by atoms with Gasteiger partial charge in [0.25, 0.3) is 5.56 Å². The number of nitrogens with zero attached hydrogens (tertiary/aromatic N) is 2. The molecule has 0 bridgehead atoms. The Kier molecular flexibility index (Phi) is 5.59. The smallest absolute Gasteiger partial charge is 0.300 e. The normalized spacial score (nSPS) is 11.8. The molecule has 1 aromatic heterocycles. The van der Waals surface area contributed by atoms with Crippen LogP contribution in [0.3, 0.4) is 0 Å². The summed E-state index contributed by atoms with van der Waals surface area (Å²) in [5, 5.41) is 0. The predicted molar refractivity (Wildman–Crippen MR) is 69.8 cm³/mol. The number of halogens is 3. The number of unbranched alkanes of at least 4 members (excludes halogenated alkanes) is 2. The van der Waals surface area contributed by atoms with Gasteiger partial charge in [-0.1, -0.05) is 26.7 Å². The van der Waals surface area contributed by atoms with Crippen molar-refractivity contribution in [1.29, 1.82) is 0 Å². The Morgan fingerprint density at radius 2 is 1.60 bits per heavy atom. The molecule has 0 radical (unpaired) electrons. The Bertz CT molecular complexity index is 558. The molecular weight excluding hydrogens is 273 g/mol. The molecule has 0 atom stereocenters. The van der Waals surface area contributed by atoms with Crippen molar-refractivity contribution in [3.8, 4) is 0 Å². The molecule has 1 aromatic rings. The minimum Gasteiger partial charge on any atom is -0.300 e. The van der Waals surface area contributed by atoms with Gasteiger partial charge in [-0.2, -0.15) is 13.2 Å². The van der Waals surface area contributed by atoms with E-state index in [4.69, 9.17) is 0 Å². The van der Waals surface area contributed by atoms with Crippen molar-refractivity contribution in [3.05, 3.63) is 32.6 Å². The van der Waals surface area contributed by atoms with E-state index < -0.39 is 23.0 Å². The van der Waals surface area contributed by atoms with Crippen LogP contribution in [0.25, 0.3) is 0 Å². The zero-order chi connectivity index (χ0) is 15.3. The molecule has 1 rings (SSSR count). The third-order valence-electron chi connectivity index (χ3n) is 3.03. The molecule has 0 spiro atoms. The van der Waals surface area contributed by atoms with Crippen molar-refractivity contribution in [2.45, 2.75) is 58.8 Å². The van der Waals surface area contributed by atoms with Gasteiger partial charge in [0.05, 0.1) is 0 Å². The van der Waals surface area contributed by atoms with Crippen LogP contribution in [0.15, 0.2) is 15.8 Å². The summed E-state index contributed by atoms with van der Waals surface area (Å²) < 4.78 is 40.3. The standard InChI is InChI=1S/C13H19F3N2O2/c1-3-5-7-17-9-10(13(14,15)16)11(19)18(12(17)20)8-6-4-2/h9H,3-8H2,1-2H3. The van der Waals surface area contributed by atoms with Crippen molar-refractivity contribution in [3.63, 3.8) is 0 Å². The van der Waals surface area contributed by atoms with E-state index in [1.165, 1.54) is 0 Å². The molecule has 0 aliphatic heterocycles. The molecule has 4 nitrogen and oxygen atoms in total. The van der Waals surface area contributed by atoms with Crippen molar-refractivity contribution < 1.29 is 13.2 Å². The quantitative estimate of drug-likeness (QED) is 0.809. The summed E-state index contributed by atoms with van der Waals surface area (Å²) in [6.45, 7) is 3.92. The fourth-order valence-corrected chi connectivity index (χ4v) is 1.85. The lowest BCUT2D eigenvalue weighted by Gasteiger charge is -2.14. The second kappa shape index (κ2) is 6.76. The van der Waals surface area contributed by atoms with Crippen LogP contribution in [0.4, 0.5) is 13.2 Å².